The zero-order chi connectivity index (χ0) is 17.2. The second-order valence-corrected chi connectivity index (χ2v) is 6.51. The minimum absolute atomic E-state index is 0.187. The van der Waals surface area contributed by atoms with Crippen LogP contribution < -0.4 is 10.2 Å². The summed E-state index contributed by atoms with van der Waals surface area (Å²) < 4.78 is 5.40. The Labute approximate surface area is 147 Å². The molecule has 132 valence electrons. The average Bonchev–Trinajstić information content (AvgIpc) is 2.87. The molecule has 1 saturated heterocycles. The molecule has 0 bridgehead atoms. The Morgan fingerprint density at radius 2 is 2.08 bits per heavy atom. The second kappa shape index (κ2) is 7.03. The number of aliphatic hydroxyl groups is 1. The lowest BCUT2D eigenvalue weighted by Crippen LogP contribution is -2.26. The van der Waals surface area contributed by atoms with Crippen LogP contribution in [0.4, 0.5) is 5.82 Å². The van der Waals surface area contributed by atoms with Gasteiger partial charge in [0.15, 0.2) is 5.82 Å². The van der Waals surface area contributed by atoms with E-state index < -0.39 is 6.10 Å². The number of methoxy groups -OCH3 is 1. The fourth-order valence-corrected chi connectivity index (χ4v) is 3.56. The van der Waals surface area contributed by atoms with Gasteiger partial charge in [-0.05, 0) is 25.1 Å². The first-order valence-electron chi connectivity index (χ1n) is 8.74. The molecule has 2 aromatic rings. The number of hydrogen-bond donors (Lipinski definition) is 2. The molecule has 0 amide bonds. The summed E-state index contributed by atoms with van der Waals surface area (Å²) in [5, 5.41) is 13.7. The maximum Gasteiger partial charge on any atom is 0.180 e. The van der Waals surface area contributed by atoms with Crippen LogP contribution in [0.25, 0.3) is 11.5 Å². The van der Waals surface area contributed by atoms with E-state index in [0.29, 0.717) is 18.9 Å². The molecule has 4 rings (SSSR count). The normalized spacial score (nSPS) is 23.4. The Balaban J connectivity index is 1.78. The first kappa shape index (κ1) is 16.4. The smallest absolute Gasteiger partial charge is 0.180 e. The molecule has 0 spiro atoms. The lowest BCUT2D eigenvalue weighted by Gasteiger charge is -2.22. The van der Waals surface area contributed by atoms with E-state index in [1.165, 1.54) is 5.56 Å². The summed E-state index contributed by atoms with van der Waals surface area (Å²) >= 11 is 0. The van der Waals surface area contributed by atoms with Gasteiger partial charge in [-0.15, -0.1) is 0 Å². The van der Waals surface area contributed by atoms with E-state index in [0.717, 1.165) is 43.1 Å². The number of hydrogen-bond acceptors (Lipinski definition) is 7. The molecular formula is C18H23N5O2. The van der Waals surface area contributed by atoms with Gasteiger partial charge in [0.25, 0.3) is 0 Å². The summed E-state index contributed by atoms with van der Waals surface area (Å²) in [5.74, 6) is 1.56. The number of β-amino-alcohol motifs (C(OH)–C–C–N with tert-alkyl or cyclic N) is 1. The van der Waals surface area contributed by atoms with Crippen LogP contribution in [-0.2, 0) is 17.6 Å². The third-order valence-electron chi connectivity index (χ3n) is 4.89. The quantitative estimate of drug-likeness (QED) is 0.837. The molecule has 2 aliphatic rings. The van der Waals surface area contributed by atoms with Gasteiger partial charge in [-0.1, -0.05) is 6.07 Å². The fraction of sp³-hybridized carbons (Fsp3) is 0.500. The zero-order valence-electron chi connectivity index (χ0n) is 14.4. The Morgan fingerprint density at radius 1 is 1.20 bits per heavy atom. The number of nitrogens with one attached hydrogen (secondary N) is 1. The summed E-state index contributed by atoms with van der Waals surface area (Å²) in [6.07, 6.45) is 2.82. The summed E-state index contributed by atoms with van der Waals surface area (Å²) in [6.45, 7) is 2.98. The van der Waals surface area contributed by atoms with Crippen LogP contribution in [0.1, 0.15) is 11.3 Å². The molecule has 2 aromatic heterocycles. The van der Waals surface area contributed by atoms with E-state index >= 15 is 0 Å². The molecule has 0 unspecified atom stereocenters. The molecule has 0 radical (unpaired) electrons. The van der Waals surface area contributed by atoms with Gasteiger partial charge in [0.2, 0.25) is 0 Å². The third-order valence-corrected chi connectivity index (χ3v) is 4.89. The molecule has 2 aliphatic heterocycles. The monoisotopic (exact) mass is 341 g/mol. The van der Waals surface area contributed by atoms with E-state index in [2.05, 4.69) is 15.2 Å². The Morgan fingerprint density at radius 3 is 2.84 bits per heavy atom. The van der Waals surface area contributed by atoms with Crippen molar-refractivity contribution in [3.63, 3.8) is 0 Å². The van der Waals surface area contributed by atoms with Crippen molar-refractivity contribution >= 4 is 5.82 Å². The van der Waals surface area contributed by atoms with E-state index in [1.807, 2.05) is 18.2 Å². The van der Waals surface area contributed by atoms with Gasteiger partial charge in [-0.3, -0.25) is 4.98 Å². The first-order valence-corrected chi connectivity index (χ1v) is 8.74. The lowest BCUT2D eigenvalue weighted by atomic mass is 10.1. The highest BCUT2D eigenvalue weighted by Crippen LogP contribution is 2.29. The zero-order valence-corrected chi connectivity index (χ0v) is 14.4. The second-order valence-electron chi connectivity index (χ2n) is 6.51. The Kier molecular flexibility index (Phi) is 4.61. The molecule has 0 aromatic carbocycles. The third kappa shape index (κ3) is 3.22. The molecular weight excluding hydrogens is 318 g/mol. The number of aromatic nitrogens is 3. The van der Waals surface area contributed by atoms with Gasteiger partial charge in [-0.2, -0.15) is 0 Å². The van der Waals surface area contributed by atoms with Gasteiger partial charge >= 0.3 is 0 Å². The molecule has 1 fully saturated rings. The molecule has 4 heterocycles. The minimum atomic E-state index is -0.502. The molecule has 0 aliphatic carbocycles. The van der Waals surface area contributed by atoms with Crippen LogP contribution >= 0.6 is 0 Å². The molecule has 2 N–H and O–H groups in total. The highest BCUT2D eigenvalue weighted by atomic mass is 16.5. The van der Waals surface area contributed by atoms with Crippen molar-refractivity contribution in [1.82, 2.24) is 20.3 Å². The number of pyridine rings is 1. The fourth-order valence-electron chi connectivity index (χ4n) is 3.56. The van der Waals surface area contributed by atoms with Gasteiger partial charge in [0, 0.05) is 44.9 Å². The molecule has 7 nitrogen and oxygen atoms in total. The molecule has 0 saturated carbocycles. The van der Waals surface area contributed by atoms with Crippen LogP contribution in [0, 0.1) is 0 Å². The predicted octanol–water partition coefficient (Wildman–Crippen LogP) is 0.423. The SMILES string of the molecule is CO[C@@H]1CN(c2nc(-c3ccccn3)nc3c2CCNCC3)C[C@H]1O. The van der Waals surface area contributed by atoms with Crippen LogP contribution in [0.2, 0.25) is 0 Å². The summed E-state index contributed by atoms with van der Waals surface area (Å²) in [6, 6.07) is 5.76. The van der Waals surface area contributed by atoms with Crippen molar-refractivity contribution in [3.8, 4) is 11.5 Å². The summed E-state index contributed by atoms with van der Waals surface area (Å²) in [4.78, 5) is 16.2. The van der Waals surface area contributed by atoms with Crippen molar-refractivity contribution in [1.29, 1.82) is 0 Å². The molecule has 25 heavy (non-hydrogen) atoms. The Bertz CT molecular complexity index is 740. The van der Waals surface area contributed by atoms with Gasteiger partial charge in [0.1, 0.15) is 17.6 Å². The number of aliphatic hydroxyl groups excluding tert-OH is 1. The highest BCUT2D eigenvalue weighted by molar-refractivity contribution is 5.59. The number of rotatable bonds is 3. The van der Waals surface area contributed by atoms with Crippen molar-refractivity contribution in [2.24, 2.45) is 0 Å². The van der Waals surface area contributed by atoms with Crippen LogP contribution in [0.15, 0.2) is 24.4 Å². The van der Waals surface area contributed by atoms with Gasteiger partial charge in [0.05, 0.1) is 11.8 Å². The summed E-state index contributed by atoms with van der Waals surface area (Å²) in [7, 11) is 1.64. The van der Waals surface area contributed by atoms with E-state index in [4.69, 9.17) is 14.7 Å². The van der Waals surface area contributed by atoms with Crippen molar-refractivity contribution in [3.05, 3.63) is 35.7 Å². The van der Waals surface area contributed by atoms with Crippen LogP contribution in [-0.4, -0.2) is 65.6 Å². The molecule has 2 atom stereocenters. The first-order chi connectivity index (χ1) is 12.3. The number of fused-ring (bicyclic) bond motifs is 1. The van der Waals surface area contributed by atoms with Crippen LogP contribution in [0.5, 0.6) is 0 Å². The predicted molar refractivity (Wildman–Crippen MR) is 94.6 cm³/mol. The van der Waals surface area contributed by atoms with E-state index in [9.17, 15) is 5.11 Å². The average molecular weight is 341 g/mol. The summed E-state index contributed by atoms with van der Waals surface area (Å²) in [5.41, 5.74) is 3.02. The number of ether oxygens (including phenoxy) is 1. The van der Waals surface area contributed by atoms with Crippen molar-refractivity contribution in [2.75, 3.05) is 38.2 Å². The topological polar surface area (TPSA) is 83.4 Å². The standard InChI is InChI=1S/C18H23N5O2/c1-25-16-11-23(10-15(16)24)18-12-5-8-19-9-6-13(12)21-17(22-18)14-4-2-3-7-20-14/h2-4,7,15-16,19,24H,5-6,8-11H2,1H3/t15-,16-/m1/s1. The lowest BCUT2D eigenvalue weighted by molar-refractivity contribution is 0.0217. The van der Waals surface area contributed by atoms with Crippen LogP contribution in [0.3, 0.4) is 0 Å². The Hall–Kier alpha value is -2.09. The van der Waals surface area contributed by atoms with Gasteiger partial charge < -0.3 is 20.1 Å². The maximum atomic E-state index is 10.2. The minimum Gasteiger partial charge on any atom is -0.388 e. The number of anilines is 1. The number of nitrogens with zero attached hydrogens (tertiary/aromatic N) is 4. The van der Waals surface area contributed by atoms with Crippen molar-refractivity contribution < 1.29 is 9.84 Å². The van der Waals surface area contributed by atoms with E-state index in [-0.39, 0.29) is 6.10 Å². The maximum absolute atomic E-state index is 10.2. The van der Waals surface area contributed by atoms with Gasteiger partial charge in [-0.25, -0.2) is 9.97 Å². The van der Waals surface area contributed by atoms with E-state index in [1.54, 1.807) is 13.3 Å². The largest absolute Gasteiger partial charge is 0.388 e. The highest BCUT2D eigenvalue weighted by Gasteiger charge is 2.34. The molecule has 7 heteroatoms. The van der Waals surface area contributed by atoms with Crippen molar-refractivity contribution in [2.45, 2.75) is 25.0 Å².